The molecule has 87 heavy (non-hydrogen) atoms. The summed E-state index contributed by atoms with van der Waals surface area (Å²) in [6.45, 7) is 52.2. The lowest BCUT2D eigenvalue weighted by Gasteiger charge is -2.34. The molecule has 12 nitrogen and oxygen atoms in total. The molecule has 484 valence electrons. The normalized spacial score (nSPS) is 13.3. The van der Waals surface area contributed by atoms with E-state index in [9.17, 15) is 39.6 Å². The number of aromatic hydroxyl groups is 4. The summed E-state index contributed by atoms with van der Waals surface area (Å²) in [4.78, 5) is 56.8. The molecule has 12 heteroatoms. The summed E-state index contributed by atoms with van der Waals surface area (Å²) in [5, 5.41) is 45.7. The van der Waals surface area contributed by atoms with E-state index < -0.39 is 85.2 Å². The number of benzene rings is 4. The van der Waals surface area contributed by atoms with Gasteiger partial charge in [0.2, 0.25) is 6.29 Å². The molecule has 0 amide bonds. The van der Waals surface area contributed by atoms with Gasteiger partial charge in [0.15, 0.2) is 0 Å². The summed E-state index contributed by atoms with van der Waals surface area (Å²) in [7, 11) is 0. The van der Waals surface area contributed by atoms with Crippen molar-refractivity contribution in [3.05, 3.63) is 115 Å². The first-order valence-corrected chi connectivity index (χ1v) is 31.5. The highest BCUT2D eigenvalue weighted by atomic mass is 16.7. The number of phenolic OH excluding ortho intramolecular Hbond substituents is 4. The Morgan fingerprint density at radius 2 is 0.483 bits per heavy atom. The molecule has 0 aliphatic rings. The van der Waals surface area contributed by atoms with Crippen LogP contribution in [0.1, 0.15) is 285 Å². The van der Waals surface area contributed by atoms with Gasteiger partial charge in [-0.3, -0.25) is 19.2 Å². The van der Waals surface area contributed by atoms with E-state index >= 15 is 0 Å². The second-order valence-electron chi connectivity index (χ2n) is 33.4. The van der Waals surface area contributed by atoms with Crippen LogP contribution in [0.2, 0.25) is 0 Å². The van der Waals surface area contributed by atoms with Gasteiger partial charge < -0.3 is 39.4 Å². The zero-order chi connectivity index (χ0) is 66.8. The Bertz CT molecular complexity index is 2760. The summed E-state index contributed by atoms with van der Waals surface area (Å²) in [5.74, 6) is -1.59. The Balaban J connectivity index is 1.74. The summed E-state index contributed by atoms with van der Waals surface area (Å²) < 4.78 is 24.7. The molecule has 4 aromatic rings. The molecule has 0 radical (unpaired) electrons. The molecule has 0 spiro atoms. The molecule has 0 saturated heterocycles. The molecule has 0 aromatic heterocycles. The number of rotatable bonds is 20. The quantitative estimate of drug-likeness (QED) is 0.0485. The molecule has 0 heterocycles. The monoisotopic (exact) mass is 1200 g/mol. The van der Waals surface area contributed by atoms with Crippen molar-refractivity contribution < 1.29 is 58.6 Å². The van der Waals surface area contributed by atoms with Crippen molar-refractivity contribution in [3.8, 4) is 23.0 Å². The van der Waals surface area contributed by atoms with Crippen LogP contribution in [0.25, 0.3) is 0 Å². The Morgan fingerprint density at radius 3 is 0.655 bits per heavy atom. The molecular weight excluding hydrogens is 1090 g/mol. The summed E-state index contributed by atoms with van der Waals surface area (Å²) in [6, 6.07) is 15.4. The summed E-state index contributed by atoms with van der Waals surface area (Å²) in [6.07, 6.45) is -2.03. The van der Waals surface area contributed by atoms with E-state index in [-0.39, 0.29) is 87.2 Å². The van der Waals surface area contributed by atoms with Gasteiger partial charge >= 0.3 is 23.9 Å². The SMILES string of the molecule is CC(C)(C)c1cc(CCC(=O)OC(CCC(C)(C)C(OC(=O)CCc2cc(C(C)(C)C)c(O)c(C(C)(C)C)c2)OC(=O)CCc2cc(C(C)(C)C)c(O)c(C(C)(C)C)c2)OC(=O)CCc2cc(C(C)(C)C)c(O)c(C(C)(C)C)c2)cc(C(C)(C)C)c1O. The van der Waals surface area contributed by atoms with Gasteiger partial charge in [-0.2, -0.15) is 0 Å². The van der Waals surface area contributed by atoms with Crippen molar-refractivity contribution in [2.45, 2.75) is 300 Å². The summed E-state index contributed by atoms with van der Waals surface area (Å²) >= 11 is 0. The van der Waals surface area contributed by atoms with Crippen molar-refractivity contribution in [3.63, 3.8) is 0 Å². The van der Waals surface area contributed by atoms with Crippen molar-refractivity contribution >= 4 is 23.9 Å². The molecule has 0 saturated carbocycles. The van der Waals surface area contributed by atoms with Crippen LogP contribution in [0, 0.1) is 5.41 Å². The number of hydrogen-bond donors (Lipinski definition) is 4. The molecule has 0 atom stereocenters. The number of phenols is 4. The van der Waals surface area contributed by atoms with Gasteiger partial charge in [0.25, 0.3) is 6.29 Å². The van der Waals surface area contributed by atoms with Crippen molar-refractivity contribution in [2.75, 3.05) is 0 Å². The Hall–Kier alpha value is -6.04. The van der Waals surface area contributed by atoms with Crippen LogP contribution in [0.3, 0.4) is 0 Å². The minimum absolute atomic E-state index is 0.0590. The highest BCUT2D eigenvalue weighted by Crippen LogP contribution is 2.45. The van der Waals surface area contributed by atoms with E-state index in [1.165, 1.54) is 0 Å². The maximum atomic E-state index is 14.3. The highest BCUT2D eigenvalue weighted by Gasteiger charge is 2.39. The Kier molecular flexibility index (Phi) is 22.8. The Morgan fingerprint density at radius 1 is 0.310 bits per heavy atom. The van der Waals surface area contributed by atoms with Gasteiger partial charge in [-0.15, -0.1) is 0 Å². The predicted octanol–water partition coefficient (Wildman–Crippen LogP) is 17.4. The minimum atomic E-state index is -1.44. The fraction of sp³-hybridized carbons (Fsp3) is 0.627. The average molecular weight is 1210 g/mol. The summed E-state index contributed by atoms with van der Waals surface area (Å²) in [5.41, 5.74) is 5.09. The maximum Gasteiger partial charge on any atom is 0.309 e. The number of hydrogen-bond acceptors (Lipinski definition) is 12. The van der Waals surface area contributed by atoms with Crippen LogP contribution in [-0.2, 0) is 107 Å². The third-order valence-electron chi connectivity index (χ3n) is 16.3. The van der Waals surface area contributed by atoms with E-state index in [1.807, 2.05) is 215 Å². The van der Waals surface area contributed by atoms with E-state index in [0.717, 1.165) is 66.8 Å². The lowest BCUT2D eigenvalue weighted by atomic mass is 9.78. The molecule has 0 unspecified atom stereocenters. The van der Waals surface area contributed by atoms with Gasteiger partial charge in [0, 0.05) is 37.5 Å². The first-order valence-electron chi connectivity index (χ1n) is 31.5. The highest BCUT2D eigenvalue weighted by molar-refractivity contribution is 5.73. The van der Waals surface area contributed by atoms with E-state index in [1.54, 1.807) is 13.8 Å². The fourth-order valence-electron chi connectivity index (χ4n) is 10.8. The average Bonchev–Trinajstić information content (AvgIpc) is 0.908. The molecule has 0 bridgehead atoms. The third-order valence-corrected chi connectivity index (χ3v) is 16.3. The molecule has 0 aliphatic carbocycles. The molecule has 0 aliphatic heterocycles. The van der Waals surface area contributed by atoms with Gasteiger partial charge in [0.05, 0.1) is 0 Å². The zero-order valence-electron chi connectivity index (χ0n) is 58.4. The topological polar surface area (TPSA) is 186 Å². The predicted molar refractivity (Wildman–Crippen MR) is 350 cm³/mol. The van der Waals surface area contributed by atoms with Crippen LogP contribution in [-0.4, -0.2) is 56.9 Å². The van der Waals surface area contributed by atoms with E-state index in [2.05, 4.69) is 0 Å². The lowest BCUT2D eigenvalue weighted by molar-refractivity contribution is -0.213. The molecule has 4 aromatic carbocycles. The zero-order valence-corrected chi connectivity index (χ0v) is 58.4. The van der Waals surface area contributed by atoms with Crippen LogP contribution < -0.4 is 0 Å². The first kappa shape index (κ1) is 73.4. The molecule has 0 fully saturated rings. The standard InChI is InChI=1S/C75H112O12/c1-67(2,3)49-37-45(38-50(62(49)80)68(4,5)6)27-31-57(76)84-61(85-58(77)32-28-46-39-51(69(7,8)9)63(81)52(40-46)70(10,11)12)35-36-75(25,26)66(86-59(78)33-29-47-41-53(71(13,14)15)64(82)54(42-47)72(16,17)18)87-60(79)34-30-48-43-55(73(19,20)21)65(83)56(44-48)74(22,23)24/h37-44,61,66,80-83H,27-36H2,1-26H3. The van der Waals surface area contributed by atoms with Crippen LogP contribution in [0.4, 0.5) is 0 Å². The number of esters is 4. The third kappa shape index (κ3) is 20.5. The number of carbonyl (C=O) groups excluding carboxylic acids is 4. The van der Waals surface area contributed by atoms with Gasteiger partial charge in [0.1, 0.15) is 23.0 Å². The number of carbonyl (C=O) groups is 4. The Labute approximate surface area is 523 Å². The van der Waals surface area contributed by atoms with Crippen molar-refractivity contribution in [1.29, 1.82) is 0 Å². The van der Waals surface area contributed by atoms with Gasteiger partial charge in [-0.05, 0) is 142 Å². The molecule has 4 rings (SSSR count). The largest absolute Gasteiger partial charge is 0.507 e. The van der Waals surface area contributed by atoms with E-state index in [4.69, 9.17) is 18.9 Å². The fourth-order valence-corrected chi connectivity index (χ4v) is 10.8. The van der Waals surface area contributed by atoms with Gasteiger partial charge in [-0.25, -0.2) is 0 Å². The number of aryl methyl sites for hydroxylation is 4. The molecular formula is C75H112O12. The van der Waals surface area contributed by atoms with E-state index in [0.29, 0.717) is 0 Å². The van der Waals surface area contributed by atoms with Crippen molar-refractivity contribution in [1.82, 2.24) is 0 Å². The minimum Gasteiger partial charge on any atom is -0.507 e. The lowest BCUT2D eigenvalue weighted by Crippen LogP contribution is -2.39. The molecule has 4 N–H and O–H groups in total. The van der Waals surface area contributed by atoms with Crippen LogP contribution >= 0.6 is 0 Å². The van der Waals surface area contributed by atoms with Crippen LogP contribution in [0.5, 0.6) is 23.0 Å². The number of ether oxygens (including phenoxy) is 4. The second kappa shape index (κ2) is 27.0. The maximum absolute atomic E-state index is 14.3. The first-order chi connectivity index (χ1) is 39.2. The second-order valence-corrected chi connectivity index (χ2v) is 33.4. The smallest absolute Gasteiger partial charge is 0.309 e. The van der Waals surface area contributed by atoms with Crippen molar-refractivity contribution in [2.24, 2.45) is 5.41 Å². The van der Waals surface area contributed by atoms with Crippen LogP contribution in [0.15, 0.2) is 48.5 Å². The van der Waals surface area contributed by atoms with Gasteiger partial charge in [-0.1, -0.05) is 229 Å².